The second kappa shape index (κ2) is 8.35. The van der Waals surface area contributed by atoms with E-state index in [-0.39, 0.29) is 39.2 Å². The summed E-state index contributed by atoms with van der Waals surface area (Å²) >= 11 is 0. The fourth-order valence-corrected chi connectivity index (χ4v) is 6.64. The van der Waals surface area contributed by atoms with Gasteiger partial charge in [0.2, 0.25) is 0 Å². The van der Waals surface area contributed by atoms with Crippen LogP contribution in [0.15, 0.2) is 65.6 Å². The Labute approximate surface area is 204 Å². The summed E-state index contributed by atoms with van der Waals surface area (Å²) in [4.78, 5) is 4.62. The second-order valence-corrected chi connectivity index (χ2v) is 11.3. The molecule has 3 aromatic carbocycles. The molecule has 1 aromatic heterocycles. The highest BCUT2D eigenvalue weighted by Gasteiger charge is 2.38. The van der Waals surface area contributed by atoms with E-state index in [1.54, 1.807) is 47.0 Å². The number of sulfone groups is 1. The van der Waals surface area contributed by atoms with E-state index in [1.165, 1.54) is 18.2 Å². The van der Waals surface area contributed by atoms with Crippen molar-refractivity contribution in [1.29, 1.82) is 0 Å². The lowest BCUT2D eigenvalue weighted by atomic mass is 10.0. The average Bonchev–Trinajstić information content (AvgIpc) is 3.58. The van der Waals surface area contributed by atoms with Gasteiger partial charge in [0.1, 0.15) is 23.2 Å². The Balaban J connectivity index is 1.46. The number of aliphatic hydroxyl groups excluding tert-OH is 1. The van der Waals surface area contributed by atoms with Gasteiger partial charge in [0.15, 0.2) is 15.7 Å². The molecule has 6 rings (SSSR count). The lowest BCUT2D eigenvalue weighted by Crippen LogP contribution is -2.11. The van der Waals surface area contributed by atoms with Crippen molar-refractivity contribution in [3.8, 4) is 16.9 Å². The fourth-order valence-electron chi connectivity index (χ4n) is 4.98. The molecule has 186 valence electrons. The molecular weight excluding hydrogens is 493 g/mol. The van der Waals surface area contributed by atoms with Gasteiger partial charge in [0, 0.05) is 17.5 Å². The molecule has 36 heavy (non-hydrogen) atoms. The van der Waals surface area contributed by atoms with Crippen molar-refractivity contribution in [3.05, 3.63) is 77.9 Å². The summed E-state index contributed by atoms with van der Waals surface area (Å²) in [6.07, 6.45) is 0.413. The average molecular weight is 515 g/mol. The molecule has 1 saturated carbocycles. The molecule has 0 radical (unpaired) electrons. The molecular formula is C26H21F3N2O4S. The molecule has 1 aliphatic heterocycles. The molecule has 1 aliphatic carbocycles. The number of aromatic nitrogens is 2. The zero-order valence-electron chi connectivity index (χ0n) is 18.8. The number of ether oxygens (including phenoxy) is 1. The van der Waals surface area contributed by atoms with Crippen molar-refractivity contribution in [2.75, 3.05) is 0 Å². The summed E-state index contributed by atoms with van der Waals surface area (Å²) in [5.74, 6) is -0.414. The molecule has 0 saturated heterocycles. The van der Waals surface area contributed by atoms with Gasteiger partial charge in [-0.15, -0.1) is 0 Å². The number of benzene rings is 3. The standard InChI is InChI=1S/C26H21F3N2O4S/c27-23-17(14-5-7-15(8-6-14)36(33,34)16-9-10-16)11-12-19-24(23)31-20(13-21(32)25(31)30-19)18-3-1-2-4-22(18)35-26(28)29/h1-8,11-12,16,20-21,26,32H,9-10,13H2. The minimum absolute atomic E-state index is 0.0524. The van der Waals surface area contributed by atoms with Crippen molar-refractivity contribution < 1.29 is 31.4 Å². The number of para-hydroxylation sites is 1. The molecule has 4 aromatic rings. The maximum atomic E-state index is 16.0. The Morgan fingerprint density at radius 3 is 2.44 bits per heavy atom. The number of aliphatic hydroxyl groups is 1. The molecule has 0 amide bonds. The van der Waals surface area contributed by atoms with Gasteiger partial charge in [-0.3, -0.25) is 0 Å². The maximum Gasteiger partial charge on any atom is 0.387 e. The summed E-state index contributed by atoms with van der Waals surface area (Å²) in [5.41, 5.74) is 1.55. The third-order valence-corrected chi connectivity index (χ3v) is 9.10. The van der Waals surface area contributed by atoms with E-state index in [4.69, 9.17) is 0 Å². The Morgan fingerprint density at radius 2 is 1.75 bits per heavy atom. The summed E-state index contributed by atoms with van der Waals surface area (Å²) < 4.78 is 73.3. The number of alkyl halides is 2. The number of imidazole rings is 1. The Bertz CT molecular complexity index is 1580. The zero-order chi connectivity index (χ0) is 25.2. The molecule has 2 atom stereocenters. The number of hydrogen-bond acceptors (Lipinski definition) is 5. The van der Waals surface area contributed by atoms with E-state index in [2.05, 4.69) is 9.72 Å². The normalized spacial score (nSPS) is 19.7. The Kier molecular flexibility index (Phi) is 5.34. The molecule has 0 spiro atoms. The molecule has 1 fully saturated rings. The number of nitrogens with zero attached hydrogens (tertiary/aromatic N) is 2. The van der Waals surface area contributed by atoms with E-state index in [1.807, 2.05) is 0 Å². The van der Waals surface area contributed by atoms with Crippen LogP contribution in [0.4, 0.5) is 13.2 Å². The predicted molar refractivity (Wildman–Crippen MR) is 126 cm³/mol. The molecule has 6 nitrogen and oxygen atoms in total. The van der Waals surface area contributed by atoms with Gasteiger partial charge in [-0.2, -0.15) is 8.78 Å². The Morgan fingerprint density at radius 1 is 1.03 bits per heavy atom. The van der Waals surface area contributed by atoms with Gasteiger partial charge in [0.05, 0.1) is 21.7 Å². The van der Waals surface area contributed by atoms with Gasteiger partial charge < -0.3 is 14.4 Å². The van der Waals surface area contributed by atoms with Gasteiger partial charge in [0.25, 0.3) is 0 Å². The van der Waals surface area contributed by atoms with Crippen molar-refractivity contribution in [3.63, 3.8) is 0 Å². The van der Waals surface area contributed by atoms with E-state index in [0.29, 0.717) is 29.5 Å². The lowest BCUT2D eigenvalue weighted by molar-refractivity contribution is -0.0507. The van der Waals surface area contributed by atoms with Crippen LogP contribution in [-0.2, 0) is 9.84 Å². The van der Waals surface area contributed by atoms with Crippen LogP contribution >= 0.6 is 0 Å². The van der Waals surface area contributed by atoms with Crippen LogP contribution < -0.4 is 4.74 Å². The zero-order valence-corrected chi connectivity index (χ0v) is 19.6. The second-order valence-electron chi connectivity index (χ2n) is 9.09. The highest BCUT2D eigenvalue weighted by atomic mass is 32.2. The van der Waals surface area contributed by atoms with E-state index < -0.39 is 34.4 Å². The summed E-state index contributed by atoms with van der Waals surface area (Å²) in [6.45, 7) is -3.04. The predicted octanol–water partition coefficient (Wildman–Crippen LogP) is 5.41. The monoisotopic (exact) mass is 514 g/mol. The number of halogens is 3. The first kappa shape index (κ1) is 23.1. The smallest absolute Gasteiger partial charge is 0.387 e. The van der Waals surface area contributed by atoms with Crippen molar-refractivity contribution >= 4 is 20.9 Å². The fraction of sp³-hybridized carbons (Fsp3) is 0.269. The van der Waals surface area contributed by atoms with Crippen LogP contribution in [0.5, 0.6) is 5.75 Å². The third kappa shape index (κ3) is 3.67. The van der Waals surface area contributed by atoms with Gasteiger partial charge >= 0.3 is 6.61 Å². The minimum atomic E-state index is -3.37. The summed E-state index contributed by atoms with van der Waals surface area (Å²) in [7, 11) is -3.37. The van der Waals surface area contributed by atoms with Crippen LogP contribution in [0, 0.1) is 5.82 Å². The van der Waals surface area contributed by atoms with E-state index >= 15 is 4.39 Å². The highest BCUT2D eigenvalue weighted by molar-refractivity contribution is 7.92. The Hall–Kier alpha value is -3.37. The van der Waals surface area contributed by atoms with Crippen molar-refractivity contribution in [2.24, 2.45) is 0 Å². The van der Waals surface area contributed by atoms with Crippen LogP contribution in [0.3, 0.4) is 0 Å². The van der Waals surface area contributed by atoms with E-state index in [0.717, 1.165) is 0 Å². The van der Waals surface area contributed by atoms with Crippen LogP contribution in [0.25, 0.3) is 22.2 Å². The maximum absolute atomic E-state index is 16.0. The molecule has 2 aliphatic rings. The first-order chi connectivity index (χ1) is 17.3. The first-order valence-corrected chi connectivity index (χ1v) is 13.1. The largest absolute Gasteiger partial charge is 0.434 e. The number of rotatable bonds is 6. The number of hydrogen-bond donors (Lipinski definition) is 1. The highest BCUT2D eigenvalue weighted by Crippen LogP contribution is 2.45. The molecule has 0 bridgehead atoms. The van der Waals surface area contributed by atoms with E-state index in [9.17, 15) is 22.3 Å². The van der Waals surface area contributed by atoms with Crippen LogP contribution in [-0.4, -0.2) is 34.9 Å². The molecule has 1 N–H and O–H groups in total. The van der Waals surface area contributed by atoms with Gasteiger partial charge in [-0.05, 0) is 48.7 Å². The minimum Gasteiger partial charge on any atom is -0.434 e. The first-order valence-electron chi connectivity index (χ1n) is 11.5. The number of fused-ring (bicyclic) bond motifs is 3. The molecule has 10 heteroatoms. The summed E-state index contributed by atoms with van der Waals surface area (Å²) in [5, 5.41) is 10.3. The van der Waals surface area contributed by atoms with Gasteiger partial charge in [-0.25, -0.2) is 17.8 Å². The van der Waals surface area contributed by atoms with Crippen molar-refractivity contribution in [2.45, 2.75) is 48.2 Å². The van der Waals surface area contributed by atoms with Crippen LogP contribution in [0.1, 0.15) is 42.8 Å². The third-order valence-electron chi connectivity index (χ3n) is 6.82. The van der Waals surface area contributed by atoms with Crippen LogP contribution in [0.2, 0.25) is 0 Å². The summed E-state index contributed by atoms with van der Waals surface area (Å²) in [6, 6.07) is 14.8. The molecule has 2 unspecified atom stereocenters. The van der Waals surface area contributed by atoms with Crippen molar-refractivity contribution in [1.82, 2.24) is 9.55 Å². The lowest BCUT2D eigenvalue weighted by Gasteiger charge is -2.19. The van der Waals surface area contributed by atoms with Gasteiger partial charge in [-0.1, -0.05) is 30.3 Å². The topological polar surface area (TPSA) is 81.4 Å². The molecule has 2 heterocycles. The SMILES string of the molecule is O=S(=O)(c1ccc(-c2ccc3nc4n(c3c2F)C(c2ccccc2OC(F)F)CC4O)cc1)C1CC1. The quantitative estimate of drug-likeness (QED) is 0.372.